The minimum absolute atomic E-state index is 0.759. The summed E-state index contributed by atoms with van der Waals surface area (Å²) in [7, 11) is 4.23. The van der Waals surface area contributed by atoms with Crippen molar-refractivity contribution in [2.24, 2.45) is 0 Å². The van der Waals surface area contributed by atoms with Crippen molar-refractivity contribution in [1.82, 2.24) is 14.9 Å². The standard InChI is InChI=1S/C28H28N4/c1-32(2)16-8-7-15-29-28-25-18-22-11-5-6-12-23(22)19-26(25)30-27(31-28)24-14-13-20-9-3-4-10-21(20)17-24/h3-6,9-14,17-19H,7-8,15-16H2,1-2H3,(H,29,30,31). The summed E-state index contributed by atoms with van der Waals surface area (Å²) in [5.74, 6) is 1.67. The molecule has 0 unspecified atom stereocenters. The SMILES string of the molecule is CN(C)CCCCNc1nc(-c2ccc3ccccc3c2)nc2cc3ccccc3cc12. The van der Waals surface area contributed by atoms with Gasteiger partial charge in [0.25, 0.3) is 0 Å². The summed E-state index contributed by atoms with van der Waals surface area (Å²) in [5, 5.41) is 9.50. The number of fused-ring (bicyclic) bond motifs is 3. The fourth-order valence-corrected chi connectivity index (χ4v) is 4.17. The van der Waals surface area contributed by atoms with Crippen molar-refractivity contribution >= 4 is 38.3 Å². The molecular formula is C28H28N4. The zero-order chi connectivity index (χ0) is 21.9. The second-order valence-corrected chi connectivity index (χ2v) is 8.61. The summed E-state index contributed by atoms with van der Waals surface area (Å²) in [6.07, 6.45) is 2.26. The lowest BCUT2D eigenvalue weighted by Crippen LogP contribution is -2.14. The average Bonchev–Trinajstić information content (AvgIpc) is 2.82. The van der Waals surface area contributed by atoms with Crippen LogP contribution in [0.4, 0.5) is 5.82 Å². The molecule has 32 heavy (non-hydrogen) atoms. The first-order valence-corrected chi connectivity index (χ1v) is 11.3. The first-order valence-electron chi connectivity index (χ1n) is 11.3. The Balaban J connectivity index is 1.57. The molecule has 1 aromatic heterocycles. The molecule has 0 aliphatic carbocycles. The lowest BCUT2D eigenvalue weighted by Gasteiger charge is -2.13. The van der Waals surface area contributed by atoms with Gasteiger partial charge in [0.15, 0.2) is 5.82 Å². The first kappa shape index (κ1) is 20.4. The minimum atomic E-state index is 0.759. The predicted octanol–water partition coefficient (Wildman–Crippen LogP) is 6.36. The van der Waals surface area contributed by atoms with E-state index < -0.39 is 0 Å². The highest BCUT2D eigenvalue weighted by Crippen LogP contribution is 2.30. The van der Waals surface area contributed by atoms with Crippen LogP contribution in [0, 0.1) is 0 Å². The van der Waals surface area contributed by atoms with E-state index in [2.05, 4.69) is 103 Å². The number of anilines is 1. The van der Waals surface area contributed by atoms with E-state index in [1.54, 1.807) is 0 Å². The number of aromatic nitrogens is 2. The van der Waals surface area contributed by atoms with Gasteiger partial charge >= 0.3 is 0 Å². The van der Waals surface area contributed by atoms with Crippen LogP contribution in [-0.4, -0.2) is 42.1 Å². The molecule has 0 aliphatic heterocycles. The molecule has 5 rings (SSSR count). The van der Waals surface area contributed by atoms with E-state index in [0.29, 0.717) is 0 Å². The van der Waals surface area contributed by atoms with Gasteiger partial charge in [-0.3, -0.25) is 0 Å². The van der Waals surface area contributed by atoms with Crippen molar-refractivity contribution in [3.63, 3.8) is 0 Å². The highest BCUT2D eigenvalue weighted by Gasteiger charge is 2.11. The fourth-order valence-electron chi connectivity index (χ4n) is 4.17. The molecule has 0 saturated carbocycles. The topological polar surface area (TPSA) is 41.0 Å². The summed E-state index contributed by atoms with van der Waals surface area (Å²) in [6.45, 7) is 1.99. The molecule has 0 aliphatic rings. The molecule has 0 bridgehead atoms. The number of rotatable bonds is 7. The van der Waals surface area contributed by atoms with Gasteiger partial charge in [-0.05, 0) is 73.2 Å². The molecular weight excluding hydrogens is 392 g/mol. The van der Waals surface area contributed by atoms with Gasteiger partial charge in [-0.15, -0.1) is 0 Å². The maximum absolute atomic E-state index is 4.98. The predicted molar refractivity (Wildman–Crippen MR) is 136 cm³/mol. The summed E-state index contributed by atoms with van der Waals surface area (Å²) in [5.41, 5.74) is 2.01. The third-order valence-corrected chi connectivity index (χ3v) is 5.90. The lowest BCUT2D eigenvalue weighted by atomic mass is 10.1. The zero-order valence-electron chi connectivity index (χ0n) is 18.7. The third-order valence-electron chi connectivity index (χ3n) is 5.90. The minimum Gasteiger partial charge on any atom is -0.369 e. The van der Waals surface area contributed by atoms with Crippen LogP contribution in [0.2, 0.25) is 0 Å². The van der Waals surface area contributed by atoms with Crippen LogP contribution in [0.5, 0.6) is 0 Å². The molecule has 160 valence electrons. The molecule has 4 heteroatoms. The summed E-state index contributed by atoms with van der Waals surface area (Å²) >= 11 is 0. The van der Waals surface area contributed by atoms with Gasteiger partial charge in [-0.2, -0.15) is 0 Å². The zero-order valence-corrected chi connectivity index (χ0v) is 18.7. The van der Waals surface area contributed by atoms with E-state index in [-0.39, 0.29) is 0 Å². The van der Waals surface area contributed by atoms with Crippen LogP contribution in [-0.2, 0) is 0 Å². The molecule has 4 aromatic carbocycles. The van der Waals surface area contributed by atoms with Gasteiger partial charge in [0.1, 0.15) is 5.82 Å². The Bertz CT molecular complexity index is 1390. The average molecular weight is 421 g/mol. The smallest absolute Gasteiger partial charge is 0.162 e. The summed E-state index contributed by atoms with van der Waals surface area (Å²) in [4.78, 5) is 12.2. The largest absolute Gasteiger partial charge is 0.369 e. The van der Waals surface area contributed by atoms with Crippen molar-refractivity contribution in [2.45, 2.75) is 12.8 Å². The Hall–Kier alpha value is -3.50. The number of nitrogens with zero attached hydrogens (tertiary/aromatic N) is 3. The summed E-state index contributed by atoms with van der Waals surface area (Å²) < 4.78 is 0. The van der Waals surface area contributed by atoms with Crippen molar-refractivity contribution in [1.29, 1.82) is 0 Å². The molecule has 0 amide bonds. The van der Waals surface area contributed by atoms with Crippen LogP contribution in [0.1, 0.15) is 12.8 Å². The van der Waals surface area contributed by atoms with Crippen LogP contribution in [0.15, 0.2) is 78.9 Å². The molecule has 5 aromatic rings. The Morgan fingerprint density at radius 3 is 2.16 bits per heavy atom. The van der Waals surface area contributed by atoms with Crippen molar-refractivity contribution in [3.8, 4) is 11.4 Å². The fraction of sp³-hybridized carbons (Fsp3) is 0.214. The van der Waals surface area contributed by atoms with Gasteiger partial charge < -0.3 is 10.2 Å². The van der Waals surface area contributed by atoms with Crippen molar-refractivity contribution < 1.29 is 0 Å². The number of hydrogen-bond acceptors (Lipinski definition) is 4. The maximum Gasteiger partial charge on any atom is 0.162 e. The number of unbranched alkanes of at least 4 members (excludes halogenated alkanes) is 1. The summed E-state index contributed by atoms with van der Waals surface area (Å²) in [6, 6.07) is 27.7. The van der Waals surface area contributed by atoms with Crippen molar-refractivity contribution in [3.05, 3.63) is 78.9 Å². The molecule has 0 fully saturated rings. The van der Waals surface area contributed by atoms with Gasteiger partial charge in [-0.1, -0.05) is 60.7 Å². The maximum atomic E-state index is 4.98. The second kappa shape index (κ2) is 8.93. The lowest BCUT2D eigenvalue weighted by molar-refractivity contribution is 0.396. The van der Waals surface area contributed by atoms with Crippen molar-refractivity contribution in [2.75, 3.05) is 32.5 Å². The Kier molecular flexibility index (Phi) is 5.70. The van der Waals surface area contributed by atoms with E-state index in [4.69, 9.17) is 9.97 Å². The molecule has 0 spiro atoms. The Morgan fingerprint density at radius 1 is 0.719 bits per heavy atom. The quantitative estimate of drug-likeness (QED) is 0.246. The highest BCUT2D eigenvalue weighted by atomic mass is 15.1. The number of hydrogen-bond donors (Lipinski definition) is 1. The van der Waals surface area contributed by atoms with Crippen LogP contribution < -0.4 is 5.32 Å². The second-order valence-electron chi connectivity index (χ2n) is 8.61. The highest BCUT2D eigenvalue weighted by molar-refractivity contribution is 6.01. The molecule has 0 saturated heterocycles. The van der Waals surface area contributed by atoms with Crippen LogP contribution in [0.3, 0.4) is 0 Å². The van der Waals surface area contributed by atoms with Gasteiger partial charge in [-0.25, -0.2) is 9.97 Å². The molecule has 1 N–H and O–H groups in total. The van der Waals surface area contributed by atoms with Crippen LogP contribution >= 0.6 is 0 Å². The molecule has 1 heterocycles. The van der Waals surface area contributed by atoms with E-state index >= 15 is 0 Å². The molecule has 0 radical (unpaired) electrons. The van der Waals surface area contributed by atoms with E-state index in [1.165, 1.54) is 21.5 Å². The number of nitrogens with one attached hydrogen (secondary N) is 1. The van der Waals surface area contributed by atoms with Crippen LogP contribution in [0.25, 0.3) is 43.8 Å². The molecule has 4 nitrogen and oxygen atoms in total. The van der Waals surface area contributed by atoms with Gasteiger partial charge in [0.2, 0.25) is 0 Å². The monoisotopic (exact) mass is 420 g/mol. The third kappa shape index (κ3) is 4.27. The van der Waals surface area contributed by atoms with Gasteiger partial charge in [0, 0.05) is 17.5 Å². The normalized spacial score (nSPS) is 11.6. The first-order chi connectivity index (χ1) is 15.7. The Morgan fingerprint density at radius 2 is 1.41 bits per heavy atom. The van der Waals surface area contributed by atoms with E-state index in [0.717, 1.165) is 54.0 Å². The Labute approximate surface area is 188 Å². The molecule has 0 atom stereocenters. The van der Waals surface area contributed by atoms with E-state index in [9.17, 15) is 0 Å². The van der Waals surface area contributed by atoms with Gasteiger partial charge in [0.05, 0.1) is 5.52 Å². The van der Waals surface area contributed by atoms with E-state index in [1.807, 2.05) is 0 Å². The number of benzene rings is 4.